The first-order valence-electron chi connectivity index (χ1n) is 5.20. The van der Waals surface area contributed by atoms with Gasteiger partial charge >= 0.3 is 0 Å². The molecule has 1 aromatic heterocycles. The lowest BCUT2D eigenvalue weighted by Crippen LogP contribution is -2.47. The zero-order chi connectivity index (χ0) is 12.5. The van der Waals surface area contributed by atoms with Crippen molar-refractivity contribution in [3.05, 3.63) is 11.1 Å². The van der Waals surface area contributed by atoms with E-state index < -0.39 is 15.2 Å². The maximum atomic E-state index is 11.7. The highest BCUT2D eigenvalue weighted by molar-refractivity contribution is 8.01. The highest BCUT2D eigenvalue weighted by Gasteiger charge is 2.32. The van der Waals surface area contributed by atoms with Gasteiger partial charge in [0.25, 0.3) is 0 Å². The van der Waals surface area contributed by atoms with Crippen LogP contribution in [0.4, 0.5) is 5.13 Å². The topological polar surface area (TPSA) is 76.3 Å². The van der Waals surface area contributed by atoms with Gasteiger partial charge in [0.05, 0.1) is 5.69 Å². The van der Waals surface area contributed by atoms with Crippen LogP contribution in [0.3, 0.4) is 0 Å². The van der Waals surface area contributed by atoms with Crippen LogP contribution in [-0.4, -0.2) is 43.1 Å². The Labute approximate surface area is 109 Å². The number of hydrogen-bond acceptors (Lipinski definition) is 7. The Bertz CT molecular complexity index is 485. The second-order valence-electron chi connectivity index (χ2n) is 3.88. The predicted octanol–water partition coefficient (Wildman–Crippen LogP) is 0.526. The van der Waals surface area contributed by atoms with Gasteiger partial charge in [0.2, 0.25) is 0 Å². The average Bonchev–Trinajstić information content (AvgIpc) is 2.76. The lowest BCUT2D eigenvalue weighted by atomic mass is 10.5. The number of sulfone groups is 1. The fourth-order valence-corrected chi connectivity index (χ4v) is 5.48. The summed E-state index contributed by atoms with van der Waals surface area (Å²) in [6.45, 7) is 1.11. The molecule has 2 rings (SSSR count). The van der Waals surface area contributed by atoms with Gasteiger partial charge in [0.15, 0.2) is 15.0 Å². The summed E-state index contributed by atoms with van der Waals surface area (Å²) < 4.78 is 23.5. The maximum absolute atomic E-state index is 11.7. The average molecular weight is 293 g/mol. The van der Waals surface area contributed by atoms with Crippen molar-refractivity contribution in [3.63, 3.8) is 0 Å². The molecule has 17 heavy (non-hydrogen) atoms. The lowest BCUT2D eigenvalue weighted by Gasteiger charge is -2.33. The van der Waals surface area contributed by atoms with Crippen molar-refractivity contribution < 1.29 is 8.42 Å². The molecule has 0 bridgehead atoms. The standard InChI is InChI=1S/C9H15N3O2S3/c1-17(13,14)8-6-15-3-2-12(8)9-11-7(4-10)5-16-9/h5,8H,2-4,6,10H2,1H3. The van der Waals surface area contributed by atoms with Crippen LogP contribution < -0.4 is 10.6 Å². The lowest BCUT2D eigenvalue weighted by molar-refractivity contribution is 0.584. The molecular formula is C9H15N3O2S3. The van der Waals surface area contributed by atoms with E-state index in [1.807, 2.05) is 10.3 Å². The first-order chi connectivity index (χ1) is 8.02. The molecule has 96 valence electrons. The molecule has 1 fully saturated rings. The molecule has 1 unspecified atom stereocenters. The number of thiazole rings is 1. The molecule has 2 heterocycles. The van der Waals surface area contributed by atoms with Crippen LogP contribution in [-0.2, 0) is 16.4 Å². The summed E-state index contributed by atoms with van der Waals surface area (Å²) >= 11 is 3.13. The Hall–Kier alpha value is -0.310. The van der Waals surface area contributed by atoms with Crippen LogP contribution >= 0.6 is 23.1 Å². The van der Waals surface area contributed by atoms with E-state index in [0.29, 0.717) is 12.3 Å². The van der Waals surface area contributed by atoms with Crippen LogP contribution in [0.1, 0.15) is 5.69 Å². The summed E-state index contributed by atoms with van der Waals surface area (Å²) in [6, 6.07) is 0. The fraction of sp³-hybridized carbons (Fsp3) is 0.667. The van der Waals surface area contributed by atoms with E-state index in [4.69, 9.17) is 5.73 Å². The van der Waals surface area contributed by atoms with Crippen LogP contribution in [0.25, 0.3) is 0 Å². The van der Waals surface area contributed by atoms with Gasteiger partial charge in [-0.3, -0.25) is 0 Å². The van der Waals surface area contributed by atoms with Crippen LogP contribution in [0.5, 0.6) is 0 Å². The minimum absolute atomic E-state index is 0.391. The number of nitrogens with two attached hydrogens (primary N) is 1. The van der Waals surface area contributed by atoms with E-state index in [0.717, 1.165) is 23.1 Å². The zero-order valence-electron chi connectivity index (χ0n) is 9.50. The molecule has 0 radical (unpaired) electrons. The number of rotatable bonds is 3. The summed E-state index contributed by atoms with van der Waals surface area (Å²) in [5.41, 5.74) is 6.33. The van der Waals surface area contributed by atoms with Crippen molar-refractivity contribution in [1.29, 1.82) is 0 Å². The number of hydrogen-bond donors (Lipinski definition) is 1. The van der Waals surface area contributed by atoms with Gasteiger partial charge in [0, 0.05) is 36.2 Å². The molecule has 0 spiro atoms. The molecular weight excluding hydrogens is 278 g/mol. The Morgan fingerprint density at radius 3 is 3.00 bits per heavy atom. The van der Waals surface area contributed by atoms with E-state index in [1.54, 1.807) is 11.8 Å². The first-order valence-corrected chi connectivity index (χ1v) is 9.19. The second-order valence-corrected chi connectivity index (χ2v) is 8.07. The van der Waals surface area contributed by atoms with Crippen molar-refractivity contribution in [3.8, 4) is 0 Å². The van der Waals surface area contributed by atoms with Gasteiger partial charge in [-0.2, -0.15) is 11.8 Å². The predicted molar refractivity (Wildman–Crippen MR) is 73.3 cm³/mol. The number of thioether (sulfide) groups is 1. The maximum Gasteiger partial charge on any atom is 0.186 e. The van der Waals surface area contributed by atoms with Crippen molar-refractivity contribution in [2.45, 2.75) is 11.9 Å². The molecule has 8 heteroatoms. The van der Waals surface area contributed by atoms with E-state index >= 15 is 0 Å². The van der Waals surface area contributed by atoms with Crippen LogP contribution in [0, 0.1) is 0 Å². The summed E-state index contributed by atoms with van der Waals surface area (Å²) in [7, 11) is -3.08. The third-order valence-corrected chi connectivity index (χ3v) is 6.14. The Morgan fingerprint density at radius 2 is 2.41 bits per heavy atom. The van der Waals surface area contributed by atoms with Gasteiger partial charge in [0.1, 0.15) is 5.37 Å². The molecule has 1 aliphatic rings. The minimum atomic E-state index is -3.08. The zero-order valence-corrected chi connectivity index (χ0v) is 11.9. The van der Waals surface area contributed by atoms with Crippen molar-refractivity contribution in [1.82, 2.24) is 4.98 Å². The molecule has 1 atom stereocenters. The molecule has 0 saturated carbocycles. The highest BCUT2D eigenvalue weighted by Crippen LogP contribution is 2.29. The van der Waals surface area contributed by atoms with E-state index in [1.165, 1.54) is 17.6 Å². The van der Waals surface area contributed by atoms with Gasteiger partial charge in [-0.05, 0) is 0 Å². The van der Waals surface area contributed by atoms with Crippen molar-refractivity contribution in [2.24, 2.45) is 5.73 Å². The van der Waals surface area contributed by atoms with Crippen molar-refractivity contribution >= 4 is 38.1 Å². The Morgan fingerprint density at radius 1 is 1.65 bits per heavy atom. The Balaban J connectivity index is 2.27. The molecule has 5 nitrogen and oxygen atoms in total. The third kappa shape index (κ3) is 2.93. The molecule has 2 N–H and O–H groups in total. The SMILES string of the molecule is CS(=O)(=O)C1CSCCN1c1nc(CN)cs1. The summed E-state index contributed by atoms with van der Waals surface area (Å²) in [5, 5.41) is 2.19. The fourth-order valence-electron chi connectivity index (χ4n) is 1.68. The molecule has 1 saturated heterocycles. The van der Waals surface area contributed by atoms with Crippen LogP contribution in [0.2, 0.25) is 0 Å². The quantitative estimate of drug-likeness (QED) is 0.876. The Kier molecular flexibility index (Phi) is 3.96. The summed E-state index contributed by atoms with van der Waals surface area (Å²) in [5.74, 6) is 1.54. The van der Waals surface area contributed by atoms with Gasteiger partial charge in [-0.25, -0.2) is 13.4 Å². The van der Waals surface area contributed by atoms with Crippen molar-refractivity contribution in [2.75, 3.05) is 29.2 Å². The van der Waals surface area contributed by atoms with E-state index in [-0.39, 0.29) is 0 Å². The normalized spacial score (nSPS) is 21.8. The monoisotopic (exact) mass is 293 g/mol. The van der Waals surface area contributed by atoms with E-state index in [9.17, 15) is 8.42 Å². The smallest absolute Gasteiger partial charge is 0.186 e. The van der Waals surface area contributed by atoms with Gasteiger partial charge in [-0.15, -0.1) is 11.3 Å². The number of nitrogens with zero attached hydrogens (tertiary/aromatic N) is 2. The highest BCUT2D eigenvalue weighted by atomic mass is 32.2. The van der Waals surface area contributed by atoms with Gasteiger partial charge in [-0.1, -0.05) is 0 Å². The molecule has 0 aliphatic carbocycles. The largest absolute Gasteiger partial charge is 0.330 e. The summed E-state index contributed by atoms with van der Waals surface area (Å²) in [4.78, 5) is 6.25. The number of anilines is 1. The third-order valence-electron chi connectivity index (χ3n) is 2.57. The summed E-state index contributed by atoms with van der Waals surface area (Å²) in [6.07, 6.45) is 1.29. The van der Waals surface area contributed by atoms with Gasteiger partial charge < -0.3 is 10.6 Å². The second kappa shape index (κ2) is 5.13. The first kappa shape index (κ1) is 13.1. The minimum Gasteiger partial charge on any atom is -0.330 e. The molecule has 0 amide bonds. The molecule has 1 aliphatic heterocycles. The van der Waals surface area contributed by atoms with E-state index in [2.05, 4.69) is 4.98 Å². The molecule has 1 aromatic rings. The number of aromatic nitrogens is 1. The molecule has 0 aromatic carbocycles. The van der Waals surface area contributed by atoms with Crippen LogP contribution in [0.15, 0.2) is 5.38 Å².